The summed E-state index contributed by atoms with van der Waals surface area (Å²) in [5.41, 5.74) is 2.54. The fourth-order valence-electron chi connectivity index (χ4n) is 1.11. The van der Waals surface area contributed by atoms with Gasteiger partial charge in [0.25, 0.3) is 0 Å². The van der Waals surface area contributed by atoms with Crippen LogP contribution in [0.2, 0.25) is 0 Å². The molecular formula is C9H11N2O+. The van der Waals surface area contributed by atoms with Gasteiger partial charge >= 0.3 is 5.69 Å². The van der Waals surface area contributed by atoms with Crippen LogP contribution in [0.15, 0.2) is 12.1 Å². The first-order valence-corrected chi connectivity index (χ1v) is 3.70. The highest BCUT2D eigenvalue weighted by Crippen LogP contribution is 2.28. The van der Waals surface area contributed by atoms with Crippen molar-refractivity contribution in [1.82, 2.24) is 0 Å². The van der Waals surface area contributed by atoms with E-state index in [0.29, 0.717) is 5.69 Å². The highest BCUT2D eigenvalue weighted by Gasteiger charge is 2.14. The Balaban J connectivity index is 3.32. The van der Waals surface area contributed by atoms with Gasteiger partial charge in [-0.1, -0.05) is 0 Å². The predicted octanol–water partition coefficient (Wildman–Crippen LogP) is 2.80. The van der Waals surface area contributed by atoms with Crippen molar-refractivity contribution in [2.75, 3.05) is 7.11 Å². The molecule has 3 heteroatoms. The minimum absolute atomic E-state index is 0.591. The second kappa shape index (κ2) is 3.22. The first kappa shape index (κ1) is 8.54. The number of rotatable bonds is 1. The van der Waals surface area contributed by atoms with Crippen LogP contribution >= 0.6 is 0 Å². The second-order valence-electron chi connectivity index (χ2n) is 2.64. The molecule has 0 atom stereocenters. The Kier molecular flexibility index (Phi) is 2.29. The SMILES string of the molecule is COc1ccc([N+]#N)c(C)c1C. The van der Waals surface area contributed by atoms with Gasteiger partial charge in [-0.2, -0.15) is 0 Å². The predicted molar refractivity (Wildman–Crippen MR) is 47.2 cm³/mol. The molecule has 0 unspecified atom stereocenters. The summed E-state index contributed by atoms with van der Waals surface area (Å²) >= 11 is 0. The first-order chi connectivity index (χ1) is 5.70. The smallest absolute Gasteiger partial charge is 0.388 e. The summed E-state index contributed by atoms with van der Waals surface area (Å²) in [6.07, 6.45) is 0. The minimum atomic E-state index is 0.591. The molecule has 0 heterocycles. The molecule has 62 valence electrons. The van der Waals surface area contributed by atoms with Crippen molar-refractivity contribution in [3.8, 4) is 5.75 Å². The number of ether oxygens (including phenoxy) is 1. The lowest BCUT2D eigenvalue weighted by Gasteiger charge is -2.03. The Labute approximate surface area is 71.6 Å². The lowest BCUT2D eigenvalue weighted by Crippen LogP contribution is -1.89. The summed E-state index contributed by atoms with van der Waals surface area (Å²) in [6.45, 7) is 3.83. The van der Waals surface area contributed by atoms with Gasteiger partial charge in [-0.05, 0) is 19.9 Å². The Morgan fingerprint density at radius 3 is 2.42 bits per heavy atom. The molecular weight excluding hydrogens is 152 g/mol. The molecule has 1 rings (SSSR count). The van der Waals surface area contributed by atoms with E-state index < -0.39 is 0 Å². The third-order valence-electron chi connectivity index (χ3n) is 2.04. The topological polar surface area (TPSA) is 37.4 Å². The molecule has 0 N–H and O–H groups in total. The van der Waals surface area contributed by atoms with Crippen LogP contribution in [0.3, 0.4) is 0 Å². The molecule has 0 radical (unpaired) electrons. The van der Waals surface area contributed by atoms with E-state index in [9.17, 15) is 0 Å². The largest absolute Gasteiger partial charge is 0.496 e. The molecule has 0 aliphatic carbocycles. The van der Waals surface area contributed by atoms with Crippen molar-refractivity contribution >= 4 is 5.69 Å². The van der Waals surface area contributed by atoms with E-state index in [4.69, 9.17) is 10.1 Å². The van der Waals surface area contributed by atoms with E-state index in [1.807, 2.05) is 13.8 Å². The van der Waals surface area contributed by atoms with Crippen LogP contribution in [-0.2, 0) is 0 Å². The maximum absolute atomic E-state index is 8.59. The van der Waals surface area contributed by atoms with E-state index in [2.05, 4.69) is 4.98 Å². The third-order valence-corrected chi connectivity index (χ3v) is 2.04. The number of benzene rings is 1. The van der Waals surface area contributed by atoms with Gasteiger partial charge in [-0.25, -0.2) is 0 Å². The van der Waals surface area contributed by atoms with Crippen LogP contribution in [0.5, 0.6) is 5.75 Å². The van der Waals surface area contributed by atoms with Gasteiger partial charge in [0.05, 0.1) is 12.7 Å². The van der Waals surface area contributed by atoms with Crippen LogP contribution in [-0.4, -0.2) is 7.11 Å². The average Bonchev–Trinajstić information content (AvgIpc) is 2.10. The van der Waals surface area contributed by atoms with Crippen molar-refractivity contribution < 1.29 is 4.74 Å². The van der Waals surface area contributed by atoms with Crippen LogP contribution in [0, 0.1) is 19.2 Å². The molecule has 1 aromatic carbocycles. The summed E-state index contributed by atoms with van der Waals surface area (Å²) in [5.74, 6) is 0.819. The second-order valence-corrected chi connectivity index (χ2v) is 2.64. The van der Waals surface area contributed by atoms with Gasteiger partial charge in [0.1, 0.15) is 5.75 Å². The summed E-state index contributed by atoms with van der Waals surface area (Å²) in [5, 5.41) is 8.59. The van der Waals surface area contributed by atoms with Crippen molar-refractivity contribution in [3.05, 3.63) is 28.2 Å². The van der Waals surface area contributed by atoms with Crippen molar-refractivity contribution in [1.29, 1.82) is 5.39 Å². The van der Waals surface area contributed by atoms with Crippen molar-refractivity contribution in [3.63, 3.8) is 0 Å². The van der Waals surface area contributed by atoms with Gasteiger partial charge in [0, 0.05) is 11.6 Å². The molecule has 0 saturated carbocycles. The van der Waals surface area contributed by atoms with E-state index in [1.54, 1.807) is 19.2 Å². The summed E-state index contributed by atoms with van der Waals surface area (Å²) in [6, 6.07) is 3.51. The number of diazo groups is 1. The maximum atomic E-state index is 8.59. The highest BCUT2D eigenvalue weighted by molar-refractivity contribution is 5.58. The van der Waals surface area contributed by atoms with E-state index in [-0.39, 0.29) is 0 Å². The molecule has 0 bridgehead atoms. The van der Waals surface area contributed by atoms with Crippen LogP contribution < -0.4 is 4.74 Å². The fourth-order valence-corrected chi connectivity index (χ4v) is 1.11. The quantitative estimate of drug-likeness (QED) is 0.597. The van der Waals surface area contributed by atoms with Gasteiger partial charge in [-0.3, -0.25) is 0 Å². The monoisotopic (exact) mass is 163 g/mol. The molecule has 12 heavy (non-hydrogen) atoms. The summed E-state index contributed by atoms with van der Waals surface area (Å²) in [7, 11) is 1.62. The Hall–Kier alpha value is -1.56. The Morgan fingerprint density at radius 1 is 1.25 bits per heavy atom. The first-order valence-electron chi connectivity index (χ1n) is 3.70. The molecule has 3 nitrogen and oxygen atoms in total. The molecule has 0 aliphatic heterocycles. The molecule has 0 aliphatic rings. The van der Waals surface area contributed by atoms with Crippen LogP contribution in [0.25, 0.3) is 4.98 Å². The molecule has 0 spiro atoms. The minimum Gasteiger partial charge on any atom is -0.496 e. The van der Waals surface area contributed by atoms with E-state index in [1.165, 1.54) is 0 Å². The standard InChI is InChI=1S/C9H11N2O/c1-6-7(2)9(12-3)5-4-8(6)11-10/h4-5H,1-3H3/q+1. The average molecular weight is 163 g/mol. The van der Waals surface area contributed by atoms with Gasteiger partial charge < -0.3 is 4.74 Å². The molecule has 0 saturated heterocycles. The van der Waals surface area contributed by atoms with Gasteiger partial charge in [-0.15, -0.1) is 0 Å². The van der Waals surface area contributed by atoms with Crippen molar-refractivity contribution in [2.45, 2.75) is 13.8 Å². The molecule has 0 fully saturated rings. The maximum Gasteiger partial charge on any atom is 0.388 e. The highest BCUT2D eigenvalue weighted by atomic mass is 16.5. The zero-order valence-corrected chi connectivity index (χ0v) is 7.46. The molecule has 1 aromatic rings. The Bertz CT molecular complexity index is 339. The van der Waals surface area contributed by atoms with Crippen LogP contribution in [0.4, 0.5) is 5.69 Å². The number of hydrogen-bond donors (Lipinski definition) is 0. The van der Waals surface area contributed by atoms with E-state index in [0.717, 1.165) is 16.9 Å². The zero-order valence-electron chi connectivity index (χ0n) is 7.46. The number of methoxy groups -OCH3 is 1. The number of hydrogen-bond acceptors (Lipinski definition) is 2. The van der Waals surface area contributed by atoms with Gasteiger partial charge in [0.15, 0.2) is 4.98 Å². The zero-order chi connectivity index (χ0) is 9.14. The fraction of sp³-hybridized carbons (Fsp3) is 0.333. The summed E-state index contributed by atoms with van der Waals surface area (Å²) in [4.78, 5) is 3.15. The normalized spacial score (nSPS) is 9.17. The van der Waals surface area contributed by atoms with Crippen LogP contribution in [0.1, 0.15) is 11.1 Å². The van der Waals surface area contributed by atoms with Gasteiger partial charge in [0.2, 0.25) is 5.39 Å². The third kappa shape index (κ3) is 1.24. The van der Waals surface area contributed by atoms with E-state index >= 15 is 0 Å². The lowest BCUT2D eigenvalue weighted by atomic mass is 10.1. The van der Waals surface area contributed by atoms with Crippen molar-refractivity contribution in [2.24, 2.45) is 0 Å². The lowest BCUT2D eigenvalue weighted by molar-refractivity contribution is 0.411. The Morgan fingerprint density at radius 2 is 1.92 bits per heavy atom. The summed E-state index contributed by atoms with van der Waals surface area (Å²) < 4.78 is 5.10. The molecule has 0 aromatic heterocycles. The molecule has 0 amide bonds. The number of nitrogens with zero attached hydrogens (tertiary/aromatic N) is 2.